The highest BCUT2D eigenvalue weighted by atomic mass is 32.2. The Hall–Kier alpha value is -2.07. The van der Waals surface area contributed by atoms with Crippen molar-refractivity contribution in [3.63, 3.8) is 0 Å². The Morgan fingerprint density at radius 2 is 1.50 bits per heavy atom. The fraction of sp³-hybridized carbons (Fsp3) is 0.222. The molecule has 22 heavy (non-hydrogen) atoms. The van der Waals surface area contributed by atoms with Crippen molar-refractivity contribution in [1.82, 2.24) is 0 Å². The number of carbonyl (C=O) groups is 2. The van der Waals surface area contributed by atoms with Gasteiger partial charge in [0.1, 0.15) is 0 Å². The quantitative estimate of drug-likeness (QED) is 0.836. The van der Waals surface area contributed by atoms with Gasteiger partial charge in [-0.2, -0.15) is 0 Å². The van der Waals surface area contributed by atoms with Gasteiger partial charge in [-0.05, 0) is 11.1 Å². The van der Waals surface area contributed by atoms with E-state index in [1.807, 2.05) is 60.7 Å². The minimum absolute atomic E-state index is 0.0261. The van der Waals surface area contributed by atoms with Crippen molar-refractivity contribution in [2.45, 2.75) is 24.5 Å². The van der Waals surface area contributed by atoms with E-state index in [1.165, 1.54) is 11.8 Å². The van der Waals surface area contributed by atoms with Crippen molar-refractivity contribution in [3.05, 3.63) is 71.8 Å². The average molecular weight is 314 g/mol. The van der Waals surface area contributed by atoms with Gasteiger partial charge in [0.25, 0.3) is 0 Å². The molecule has 0 aliphatic heterocycles. The molecule has 0 amide bonds. The topological polar surface area (TPSA) is 54.4 Å². The Morgan fingerprint density at radius 1 is 0.909 bits per heavy atom. The number of hydrogen-bond acceptors (Lipinski definition) is 3. The Morgan fingerprint density at radius 3 is 2.09 bits per heavy atom. The van der Waals surface area contributed by atoms with Crippen LogP contribution in [0, 0.1) is 0 Å². The summed E-state index contributed by atoms with van der Waals surface area (Å²) in [6, 6.07) is 19.2. The van der Waals surface area contributed by atoms with Gasteiger partial charge in [0.05, 0.1) is 6.42 Å². The first-order valence-corrected chi connectivity index (χ1v) is 8.10. The van der Waals surface area contributed by atoms with Crippen molar-refractivity contribution in [2.24, 2.45) is 0 Å². The molecule has 0 bridgehead atoms. The number of benzene rings is 2. The maximum Gasteiger partial charge on any atom is 0.303 e. The lowest BCUT2D eigenvalue weighted by molar-refractivity contribution is -0.137. The highest BCUT2D eigenvalue weighted by Gasteiger charge is 2.19. The van der Waals surface area contributed by atoms with Crippen LogP contribution < -0.4 is 0 Å². The number of rotatable bonds is 7. The van der Waals surface area contributed by atoms with Crippen molar-refractivity contribution >= 4 is 22.8 Å². The normalized spacial score (nSPS) is 11.8. The van der Waals surface area contributed by atoms with Gasteiger partial charge in [-0.25, -0.2) is 0 Å². The van der Waals surface area contributed by atoms with Crippen molar-refractivity contribution in [1.29, 1.82) is 0 Å². The smallest absolute Gasteiger partial charge is 0.303 e. The van der Waals surface area contributed by atoms with E-state index >= 15 is 0 Å². The van der Waals surface area contributed by atoms with E-state index in [2.05, 4.69) is 0 Å². The Labute approximate surface area is 134 Å². The van der Waals surface area contributed by atoms with Crippen LogP contribution in [0.4, 0.5) is 0 Å². The second kappa shape index (κ2) is 8.39. The zero-order valence-corrected chi connectivity index (χ0v) is 13.0. The third-order valence-corrected chi connectivity index (χ3v) is 4.31. The first kappa shape index (κ1) is 16.3. The summed E-state index contributed by atoms with van der Waals surface area (Å²) in [4.78, 5) is 23.2. The third-order valence-electron chi connectivity index (χ3n) is 3.35. The summed E-state index contributed by atoms with van der Waals surface area (Å²) in [5.74, 6) is -0.530. The molecule has 2 aromatic carbocycles. The lowest BCUT2D eigenvalue weighted by atomic mass is 9.93. The van der Waals surface area contributed by atoms with Gasteiger partial charge in [0.2, 0.25) is 0 Å². The predicted molar refractivity (Wildman–Crippen MR) is 88.8 cm³/mol. The van der Waals surface area contributed by atoms with E-state index in [-0.39, 0.29) is 23.9 Å². The van der Waals surface area contributed by atoms with Crippen molar-refractivity contribution in [2.75, 3.05) is 0 Å². The lowest BCUT2D eigenvalue weighted by Gasteiger charge is -2.14. The minimum atomic E-state index is -0.880. The Bertz CT molecular complexity index is 611. The van der Waals surface area contributed by atoms with Gasteiger partial charge >= 0.3 is 5.97 Å². The van der Waals surface area contributed by atoms with Crippen LogP contribution in [0.3, 0.4) is 0 Å². The second-order valence-electron chi connectivity index (χ2n) is 5.06. The fourth-order valence-electron chi connectivity index (χ4n) is 2.24. The number of carbonyl (C=O) groups excluding carboxylic acids is 1. The number of carboxylic acid groups (broad SMARTS) is 1. The highest BCUT2D eigenvalue weighted by molar-refractivity contribution is 8.12. The van der Waals surface area contributed by atoms with Gasteiger partial charge in [-0.1, -0.05) is 72.4 Å². The van der Waals surface area contributed by atoms with Crippen LogP contribution in [0.2, 0.25) is 0 Å². The molecule has 2 aromatic rings. The maximum absolute atomic E-state index is 12.2. The molecule has 0 fully saturated rings. The molecule has 0 radical (unpaired) electrons. The maximum atomic E-state index is 12.2. The zero-order chi connectivity index (χ0) is 15.8. The first-order valence-electron chi connectivity index (χ1n) is 7.11. The van der Waals surface area contributed by atoms with Crippen LogP contribution in [0.15, 0.2) is 60.7 Å². The molecule has 1 N–H and O–H groups in total. The van der Waals surface area contributed by atoms with E-state index in [9.17, 15) is 9.59 Å². The van der Waals surface area contributed by atoms with Gasteiger partial charge in [-0.3, -0.25) is 9.59 Å². The standard InChI is InChI=1S/C18H18O3S/c19-17(20)11-16(15-9-5-2-6-10-15)12-18(21)22-13-14-7-3-1-4-8-14/h1-10,16H,11-13H2,(H,19,20)/t16-/m0/s1. The molecule has 3 nitrogen and oxygen atoms in total. The molecule has 0 heterocycles. The first-order chi connectivity index (χ1) is 10.6. The zero-order valence-electron chi connectivity index (χ0n) is 12.1. The number of hydrogen-bond donors (Lipinski definition) is 1. The Balaban J connectivity index is 1.95. The van der Waals surface area contributed by atoms with E-state index in [1.54, 1.807) is 0 Å². The summed E-state index contributed by atoms with van der Waals surface area (Å²) in [6.07, 6.45) is 0.218. The van der Waals surface area contributed by atoms with Crippen LogP contribution >= 0.6 is 11.8 Å². The van der Waals surface area contributed by atoms with Crippen LogP contribution in [0.5, 0.6) is 0 Å². The molecule has 0 spiro atoms. The van der Waals surface area contributed by atoms with Crippen molar-refractivity contribution < 1.29 is 14.7 Å². The summed E-state index contributed by atoms with van der Waals surface area (Å²) in [6.45, 7) is 0. The van der Waals surface area contributed by atoms with E-state index in [0.717, 1.165) is 11.1 Å². The summed E-state index contributed by atoms with van der Waals surface area (Å²) in [5.41, 5.74) is 1.99. The summed E-state index contributed by atoms with van der Waals surface area (Å²) >= 11 is 1.25. The average Bonchev–Trinajstić information content (AvgIpc) is 2.54. The van der Waals surface area contributed by atoms with Gasteiger partial charge in [0, 0.05) is 18.1 Å². The molecule has 0 aliphatic rings. The Kier molecular flexibility index (Phi) is 6.22. The molecule has 0 unspecified atom stereocenters. The molecule has 1 atom stereocenters. The summed E-state index contributed by atoms with van der Waals surface area (Å²) in [7, 11) is 0. The molecule has 0 aromatic heterocycles. The molecular formula is C18H18O3S. The number of thioether (sulfide) groups is 1. The van der Waals surface area contributed by atoms with Crippen LogP contribution in [-0.4, -0.2) is 16.2 Å². The minimum Gasteiger partial charge on any atom is -0.481 e. The van der Waals surface area contributed by atoms with E-state index < -0.39 is 5.97 Å². The lowest BCUT2D eigenvalue weighted by Crippen LogP contribution is -2.10. The molecule has 0 aliphatic carbocycles. The third kappa shape index (κ3) is 5.37. The van der Waals surface area contributed by atoms with Gasteiger partial charge in [-0.15, -0.1) is 0 Å². The fourth-order valence-corrected chi connectivity index (χ4v) is 3.08. The molecule has 0 saturated heterocycles. The largest absolute Gasteiger partial charge is 0.481 e. The van der Waals surface area contributed by atoms with E-state index in [4.69, 9.17) is 5.11 Å². The summed E-state index contributed by atoms with van der Waals surface area (Å²) in [5, 5.41) is 9.07. The number of carboxylic acids is 1. The van der Waals surface area contributed by atoms with Crippen molar-refractivity contribution in [3.8, 4) is 0 Å². The van der Waals surface area contributed by atoms with Crippen LogP contribution in [0.25, 0.3) is 0 Å². The molecule has 114 valence electrons. The predicted octanol–water partition coefficient (Wildman–Crippen LogP) is 4.10. The molecule has 4 heteroatoms. The van der Waals surface area contributed by atoms with Crippen LogP contribution in [0.1, 0.15) is 29.9 Å². The van der Waals surface area contributed by atoms with Gasteiger partial charge in [0.15, 0.2) is 5.12 Å². The molecular weight excluding hydrogens is 296 g/mol. The van der Waals surface area contributed by atoms with Gasteiger partial charge < -0.3 is 5.11 Å². The molecule has 0 saturated carbocycles. The molecule has 2 rings (SSSR count). The number of aliphatic carboxylic acids is 1. The monoisotopic (exact) mass is 314 g/mol. The van der Waals surface area contributed by atoms with E-state index in [0.29, 0.717) is 5.75 Å². The highest BCUT2D eigenvalue weighted by Crippen LogP contribution is 2.27. The second-order valence-corrected chi connectivity index (χ2v) is 6.09. The SMILES string of the molecule is O=C(O)C[C@@H](CC(=O)SCc1ccccc1)c1ccccc1. The summed E-state index contributed by atoms with van der Waals surface area (Å²) < 4.78 is 0. The van der Waals surface area contributed by atoms with Crippen LogP contribution in [-0.2, 0) is 15.3 Å².